The van der Waals surface area contributed by atoms with Gasteiger partial charge in [0.25, 0.3) is 0 Å². The van der Waals surface area contributed by atoms with Crippen LogP contribution < -0.4 is 5.32 Å². The molecule has 1 nitrogen and oxygen atoms in total. The molecule has 0 bridgehead atoms. The zero-order chi connectivity index (χ0) is 12.3. The molecule has 0 saturated heterocycles. The highest BCUT2D eigenvalue weighted by Gasteiger charge is 2.36. The normalized spacial score (nSPS) is 36.5. The maximum absolute atomic E-state index is 3.88. The van der Waals surface area contributed by atoms with E-state index >= 15 is 0 Å². The molecule has 2 aliphatic carbocycles. The van der Waals surface area contributed by atoms with E-state index in [2.05, 4.69) is 26.1 Å². The molecule has 0 aromatic carbocycles. The molecule has 0 aromatic rings. The van der Waals surface area contributed by atoms with E-state index in [1.165, 1.54) is 51.5 Å². The Kier molecular flexibility index (Phi) is 4.90. The molecule has 1 N–H and O–H groups in total. The minimum absolute atomic E-state index is 0.846. The van der Waals surface area contributed by atoms with E-state index in [1.54, 1.807) is 0 Å². The molecule has 0 spiro atoms. The molecule has 0 amide bonds. The summed E-state index contributed by atoms with van der Waals surface area (Å²) in [5.41, 5.74) is 0. The summed E-state index contributed by atoms with van der Waals surface area (Å²) >= 11 is 0. The maximum Gasteiger partial charge on any atom is 0.0124 e. The van der Waals surface area contributed by atoms with E-state index in [0.29, 0.717) is 0 Å². The van der Waals surface area contributed by atoms with Crippen LogP contribution >= 0.6 is 0 Å². The van der Waals surface area contributed by atoms with Crippen LogP contribution in [0.2, 0.25) is 0 Å². The van der Waals surface area contributed by atoms with Crippen LogP contribution in [0.5, 0.6) is 0 Å². The van der Waals surface area contributed by atoms with Gasteiger partial charge in [-0.2, -0.15) is 0 Å². The average molecular weight is 237 g/mol. The predicted molar refractivity (Wildman–Crippen MR) is 75.1 cm³/mol. The Morgan fingerprint density at radius 3 is 2.29 bits per heavy atom. The fourth-order valence-electron chi connectivity index (χ4n) is 3.74. The summed E-state index contributed by atoms with van der Waals surface area (Å²) in [6, 6.07) is 0.846. The molecule has 0 radical (unpaired) electrons. The summed E-state index contributed by atoms with van der Waals surface area (Å²) in [7, 11) is 0. The second-order valence-corrected chi connectivity index (χ2v) is 6.70. The van der Waals surface area contributed by atoms with Crippen LogP contribution in [0, 0.1) is 23.7 Å². The highest BCUT2D eigenvalue weighted by molar-refractivity contribution is 4.90. The minimum atomic E-state index is 0.846. The van der Waals surface area contributed by atoms with Crippen molar-refractivity contribution in [2.45, 2.75) is 71.8 Å². The molecule has 0 heterocycles. The fourth-order valence-corrected chi connectivity index (χ4v) is 3.74. The number of hydrogen-bond donors (Lipinski definition) is 1. The molecule has 17 heavy (non-hydrogen) atoms. The lowest BCUT2D eigenvalue weighted by molar-refractivity contribution is 0.108. The lowest BCUT2D eigenvalue weighted by Gasteiger charge is -2.43. The average Bonchev–Trinajstić information content (AvgIpc) is 2.25. The Morgan fingerprint density at radius 1 is 1.00 bits per heavy atom. The molecule has 100 valence electrons. The Balaban J connectivity index is 1.90. The number of nitrogens with one attached hydrogen (secondary N) is 1. The zero-order valence-corrected chi connectivity index (χ0v) is 12.0. The van der Waals surface area contributed by atoms with Crippen LogP contribution in [-0.2, 0) is 0 Å². The van der Waals surface area contributed by atoms with E-state index in [-0.39, 0.29) is 0 Å². The van der Waals surface area contributed by atoms with Gasteiger partial charge in [-0.1, -0.05) is 33.6 Å². The predicted octanol–water partition coefficient (Wildman–Crippen LogP) is 4.23. The van der Waals surface area contributed by atoms with Crippen LogP contribution in [0.15, 0.2) is 0 Å². The third kappa shape index (κ3) is 3.24. The molecule has 4 unspecified atom stereocenters. The van der Waals surface area contributed by atoms with Gasteiger partial charge in [0.2, 0.25) is 0 Å². The lowest BCUT2D eigenvalue weighted by Crippen LogP contribution is -2.47. The second kappa shape index (κ2) is 6.22. The van der Waals surface area contributed by atoms with E-state index < -0.39 is 0 Å². The van der Waals surface area contributed by atoms with Gasteiger partial charge in [-0.3, -0.25) is 0 Å². The monoisotopic (exact) mass is 237 g/mol. The van der Waals surface area contributed by atoms with Crippen LogP contribution in [0.3, 0.4) is 0 Å². The van der Waals surface area contributed by atoms with Gasteiger partial charge in [-0.25, -0.2) is 0 Å². The summed E-state index contributed by atoms with van der Waals surface area (Å²) in [4.78, 5) is 0. The van der Waals surface area contributed by atoms with E-state index in [0.717, 1.165) is 29.7 Å². The van der Waals surface area contributed by atoms with Crippen LogP contribution in [-0.4, -0.2) is 12.6 Å². The first-order valence-electron chi connectivity index (χ1n) is 7.95. The summed E-state index contributed by atoms with van der Waals surface area (Å²) in [6.07, 6.45) is 10.1. The van der Waals surface area contributed by atoms with Crippen molar-refractivity contribution >= 4 is 0 Å². The van der Waals surface area contributed by atoms with E-state index in [9.17, 15) is 0 Å². The third-order valence-electron chi connectivity index (χ3n) is 5.43. The van der Waals surface area contributed by atoms with Crippen molar-refractivity contribution in [3.8, 4) is 0 Å². The molecule has 2 saturated carbocycles. The molecule has 2 rings (SSSR count). The van der Waals surface area contributed by atoms with Crippen LogP contribution in [0.25, 0.3) is 0 Å². The molecule has 0 aromatic heterocycles. The van der Waals surface area contributed by atoms with E-state index in [4.69, 9.17) is 0 Å². The van der Waals surface area contributed by atoms with Crippen molar-refractivity contribution in [1.29, 1.82) is 0 Å². The molecule has 2 fully saturated rings. The highest BCUT2D eigenvalue weighted by atomic mass is 14.9. The van der Waals surface area contributed by atoms with Crippen LogP contribution in [0.1, 0.15) is 65.7 Å². The molecule has 0 aliphatic heterocycles. The van der Waals surface area contributed by atoms with Gasteiger partial charge in [0.05, 0.1) is 0 Å². The Labute approximate surface area is 108 Å². The summed E-state index contributed by atoms with van der Waals surface area (Å²) < 4.78 is 0. The first-order chi connectivity index (χ1) is 8.22. The van der Waals surface area contributed by atoms with Crippen molar-refractivity contribution in [3.63, 3.8) is 0 Å². The van der Waals surface area contributed by atoms with Crippen molar-refractivity contribution < 1.29 is 0 Å². The van der Waals surface area contributed by atoms with E-state index in [1.807, 2.05) is 0 Å². The summed E-state index contributed by atoms with van der Waals surface area (Å²) in [6.45, 7) is 8.42. The molecule has 4 atom stereocenters. The third-order valence-corrected chi connectivity index (χ3v) is 5.43. The minimum Gasteiger partial charge on any atom is -0.313 e. The highest BCUT2D eigenvalue weighted by Crippen LogP contribution is 2.41. The second-order valence-electron chi connectivity index (χ2n) is 6.70. The Bertz CT molecular complexity index is 222. The number of rotatable bonds is 5. The molecule has 1 heteroatoms. The summed E-state index contributed by atoms with van der Waals surface area (Å²) in [5.74, 6) is 3.88. The fraction of sp³-hybridized carbons (Fsp3) is 1.00. The SMILES string of the molecule is CCCNC(C1CCC1)C1CCC(C)C(C)C1. The van der Waals surface area contributed by atoms with Gasteiger partial charge in [0, 0.05) is 6.04 Å². The van der Waals surface area contributed by atoms with Gasteiger partial charge >= 0.3 is 0 Å². The van der Waals surface area contributed by atoms with Crippen LogP contribution in [0.4, 0.5) is 0 Å². The van der Waals surface area contributed by atoms with Crippen molar-refractivity contribution in [1.82, 2.24) is 5.32 Å². The van der Waals surface area contributed by atoms with Gasteiger partial charge < -0.3 is 5.32 Å². The largest absolute Gasteiger partial charge is 0.313 e. The molecular weight excluding hydrogens is 206 g/mol. The summed E-state index contributed by atoms with van der Waals surface area (Å²) in [5, 5.41) is 3.88. The van der Waals surface area contributed by atoms with Gasteiger partial charge in [-0.05, 0) is 62.3 Å². The van der Waals surface area contributed by atoms with Crippen molar-refractivity contribution in [3.05, 3.63) is 0 Å². The Morgan fingerprint density at radius 2 is 1.76 bits per heavy atom. The first kappa shape index (κ1) is 13.4. The smallest absolute Gasteiger partial charge is 0.0124 e. The van der Waals surface area contributed by atoms with Gasteiger partial charge in [0.15, 0.2) is 0 Å². The molecular formula is C16H31N. The number of hydrogen-bond acceptors (Lipinski definition) is 1. The lowest BCUT2D eigenvalue weighted by atomic mass is 9.67. The van der Waals surface area contributed by atoms with Gasteiger partial charge in [0.1, 0.15) is 0 Å². The van der Waals surface area contributed by atoms with Crippen molar-refractivity contribution in [2.75, 3.05) is 6.54 Å². The quantitative estimate of drug-likeness (QED) is 0.754. The van der Waals surface area contributed by atoms with Crippen molar-refractivity contribution in [2.24, 2.45) is 23.7 Å². The molecule has 2 aliphatic rings. The van der Waals surface area contributed by atoms with Gasteiger partial charge in [-0.15, -0.1) is 0 Å². The first-order valence-corrected chi connectivity index (χ1v) is 7.95. The maximum atomic E-state index is 3.88. The Hall–Kier alpha value is -0.0400. The standard InChI is InChI=1S/C16H31N/c1-4-10-17-16(14-6-5-7-14)15-9-8-12(2)13(3)11-15/h12-17H,4-11H2,1-3H3. The topological polar surface area (TPSA) is 12.0 Å². The zero-order valence-electron chi connectivity index (χ0n) is 12.0.